The quantitative estimate of drug-likeness (QED) is 0.530. The third-order valence-corrected chi connectivity index (χ3v) is 6.28. The summed E-state index contributed by atoms with van der Waals surface area (Å²) < 4.78 is 10.6. The van der Waals surface area contributed by atoms with Crippen molar-refractivity contribution in [3.8, 4) is 0 Å². The molecule has 0 spiro atoms. The van der Waals surface area contributed by atoms with Gasteiger partial charge in [-0.2, -0.15) is 0 Å². The second-order valence-electron chi connectivity index (χ2n) is 7.98. The van der Waals surface area contributed by atoms with Gasteiger partial charge in [0.15, 0.2) is 5.11 Å². The number of amides is 2. The average molecular weight is 436 g/mol. The van der Waals surface area contributed by atoms with E-state index in [9.17, 15) is 9.59 Å². The first-order valence-electron chi connectivity index (χ1n) is 10.6. The minimum atomic E-state index is -0.174. The minimum Gasteiger partial charge on any atom is -0.467 e. The summed E-state index contributed by atoms with van der Waals surface area (Å²) in [4.78, 5) is 29.0. The van der Waals surface area contributed by atoms with Gasteiger partial charge in [-0.25, -0.2) is 0 Å². The van der Waals surface area contributed by atoms with Crippen LogP contribution in [0.15, 0.2) is 22.8 Å². The number of hydrogen-bond donors (Lipinski definition) is 3. The minimum absolute atomic E-state index is 0.0597. The Morgan fingerprint density at radius 1 is 1.33 bits per heavy atom. The van der Waals surface area contributed by atoms with E-state index in [4.69, 9.17) is 21.4 Å². The number of fused-ring (bicyclic) bond motifs is 1. The number of nitrogens with zero attached hydrogens (tertiary/aromatic N) is 2. The summed E-state index contributed by atoms with van der Waals surface area (Å²) in [6, 6.07) is 3.80. The van der Waals surface area contributed by atoms with Gasteiger partial charge in [-0.05, 0) is 37.2 Å². The second-order valence-corrected chi connectivity index (χ2v) is 8.39. The van der Waals surface area contributed by atoms with Gasteiger partial charge < -0.3 is 30.0 Å². The van der Waals surface area contributed by atoms with Crippen molar-refractivity contribution in [2.45, 2.75) is 43.9 Å². The highest BCUT2D eigenvalue weighted by molar-refractivity contribution is 7.80. The SMILES string of the molecule is O=C1NC[C@@H](CCC(=O)N2CCOCC2)N2C[C@H](NC(=S)NCc3ccco3)C[C@@H]12. The van der Waals surface area contributed by atoms with Crippen LogP contribution in [0.5, 0.6) is 0 Å². The molecule has 2 amide bonds. The Kier molecular flexibility index (Phi) is 6.86. The number of nitrogens with one attached hydrogen (secondary N) is 3. The van der Waals surface area contributed by atoms with E-state index in [0.29, 0.717) is 57.3 Å². The molecule has 0 bridgehead atoms. The van der Waals surface area contributed by atoms with Crippen molar-refractivity contribution in [3.05, 3.63) is 24.2 Å². The van der Waals surface area contributed by atoms with Gasteiger partial charge in [0.2, 0.25) is 11.8 Å². The predicted molar refractivity (Wildman–Crippen MR) is 114 cm³/mol. The van der Waals surface area contributed by atoms with E-state index in [1.165, 1.54) is 0 Å². The van der Waals surface area contributed by atoms with Crippen LogP contribution in [0.1, 0.15) is 25.0 Å². The number of furan rings is 1. The first-order valence-corrected chi connectivity index (χ1v) is 11.0. The summed E-state index contributed by atoms with van der Waals surface area (Å²) in [7, 11) is 0. The molecule has 10 heteroatoms. The lowest BCUT2D eigenvalue weighted by Crippen LogP contribution is -2.58. The fraction of sp³-hybridized carbons (Fsp3) is 0.650. The molecule has 3 N–H and O–H groups in total. The third-order valence-electron chi connectivity index (χ3n) is 6.02. The number of hydrogen-bond acceptors (Lipinski definition) is 6. The van der Waals surface area contributed by atoms with Crippen LogP contribution in [0, 0.1) is 0 Å². The van der Waals surface area contributed by atoms with E-state index in [1.807, 2.05) is 17.0 Å². The molecule has 0 unspecified atom stereocenters. The molecular weight excluding hydrogens is 406 g/mol. The lowest BCUT2D eigenvalue weighted by Gasteiger charge is -2.37. The zero-order valence-corrected chi connectivity index (χ0v) is 17.8. The molecule has 0 saturated carbocycles. The number of ether oxygens (including phenoxy) is 1. The number of thiocarbonyl (C=S) groups is 1. The summed E-state index contributed by atoms with van der Waals surface area (Å²) in [6.45, 7) is 4.39. The Hall–Kier alpha value is -2.17. The molecule has 164 valence electrons. The monoisotopic (exact) mass is 435 g/mol. The highest BCUT2D eigenvalue weighted by Gasteiger charge is 2.43. The lowest BCUT2D eigenvalue weighted by atomic mass is 10.0. The van der Waals surface area contributed by atoms with Crippen LogP contribution in [-0.4, -0.2) is 84.2 Å². The summed E-state index contributed by atoms with van der Waals surface area (Å²) in [5, 5.41) is 10.0. The molecule has 3 saturated heterocycles. The molecule has 0 aliphatic carbocycles. The average Bonchev–Trinajstić information content (AvgIpc) is 3.42. The summed E-state index contributed by atoms with van der Waals surface area (Å²) in [5.41, 5.74) is 0. The standard InChI is InChI=1S/C20H29N5O4S/c26-18(24-5-8-28-9-6-24)4-3-15-11-21-19(27)17-10-14(13-25(15)17)23-20(30)22-12-16-2-1-7-29-16/h1-2,7,14-15,17H,3-6,8-13H2,(H,21,27)(H2,22,23,30)/t14-,15-,17+/m1/s1. The zero-order valence-electron chi connectivity index (χ0n) is 17.0. The number of piperazine rings is 1. The topological polar surface area (TPSA) is 99.1 Å². The van der Waals surface area contributed by atoms with E-state index >= 15 is 0 Å². The van der Waals surface area contributed by atoms with E-state index in [2.05, 4.69) is 20.9 Å². The maximum Gasteiger partial charge on any atom is 0.237 e. The Morgan fingerprint density at radius 3 is 2.93 bits per heavy atom. The van der Waals surface area contributed by atoms with Crippen LogP contribution in [0.3, 0.4) is 0 Å². The number of rotatable bonds is 6. The van der Waals surface area contributed by atoms with Gasteiger partial charge in [-0.3, -0.25) is 14.5 Å². The van der Waals surface area contributed by atoms with Crippen LogP contribution >= 0.6 is 12.2 Å². The van der Waals surface area contributed by atoms with Crippen LogP contribution in [-0.2, 0) is 20.9 Å². The first kappa shape index (κ1) is 21.1. The second kappa shape index (κ2) is 9.76. The van der Waals surface area contributed by atoms with E-state index in [-0.39, 0.29) is 29.9 Å². The zero-order chi connectivity index (χ0) is 20.9. The summed E-state index contributed by atoms with van der Waals surface area (Å²) >= 11 is 5.40. The molecule has 3 aliphatic heterocycles. The van der Waals surface area contributed by atoms with Crippen LogP contribution < -0.4 is 16.0 Å². The van der Waals surface area contributed by atoms with E-state index in [1.54, 1.807) is 6.26 Å². The molecule has 3 atom stereocenters. The molecule has 4 rings (SSSR count). The van der Waals surface area contributed by atoms with Gasteiger partial charge >= 0.3 is 0 Å². The van der Waals surface area contributed by atoms with E-state index < -0.39 is 0 Å². The number of morpholine rings is 1. The Bertz CT molecular complexity index is 752. The van der Waals surface area contributed by atoms with Gasteiger partial charge in [0.05, 0.1) is 32.1 Å². The Morgan fingerprint density at radius 2 is 2.17 bits per heavy atom. The molecule has 1 aromatic heterocycles. The van der Waals surface area contributed by atoms with Gasteiger partial charge in [0.25, 0.3) is 0 Å². The van der Waals surface area contributed by atoms with Gasteiger partial charge in [0.1, 0.15) is 5.76 Å². The van der Waals surface area contributed by atoms with Crippen molar-refractivity contribution in [2.24, 2.45) is 0 Å². The molecule has 4 heterocycles. The fourth-order valence-electron chi connectivity index (χ4n) is 4.43. The smallest absolute Gasteiger partial charge is 0.237 e. The summed E-state index contributed by atoms with van der Waals surface area (Å²) in [5.74, 6) is 1.04. The van der Waals surface area contributed by atoms with Crippen molar-refractivity contribution >= 4 is 29.1 Å². The largest absolute Gasteiger partial charge is 0.467 e. The molecular formula is C20H29N5O4S. The van der Waals surface area contributed by atoms with Crippen molar-refractivity contribution in [1.29, 1.82) is 0 Å². The lowest BCUT2D eigenvalue weighted by molar-refractivity contribution is -0.136. The molecule has 3 fully saturated rings. The maximum atomic E-state index is 12.5. The Labute approximate surface area is 181 Å². The third kappa shape index (κ3) is 5.11. The molecule has 3 aliphatic rings. The normalized spacial score (nSPS) is 26.7. The van der Waals surface area contributed by atoms with Crippen molar-refractivity contribution in [3.63, 3.8) is 0 Å². The molecule has 1 aromatic rings. The summed E-state index contributed by atoms with van der Waals surface area (Å²) in [6.07, 6.45) is 3.55. The van der Waals surface area contributed by atoms with E-state index in [0.717, 1.165) is 18.7 Å². The van der Waals surface area contributed by atoms with Gasteiger partial charge in [0, 0.05) is 44.7 Å². The first-order chi connectivity index (χ1) is 14.6. The van der Waals surface area contributed by atoms with Crippen LogP contribution in [0.25, 0.3) is 0 Å². The van der Waals surface area contributed by atoms with Crippen molar-refractivity contribution < 1.29 is 18.7 Å². The fourth-order valence-corrected chi connectivity index (χ4v) is 4.67. The maximum absolute atomic E-state index is 12.5. The highest BCUT2D eigenvalue weighted by Crippen LogP contribution is 2.26. The molecule has 30 heavy (non-hydrogen) atoms. The molecule has 0 aromatic carbocycles. The van der Waals surface area contributed by atoms with Crippen molar-refractivity contribution in [2.75, 3.05) is 39.4 Å². The van der Waals surface area contributed by atoms with Crippen molar-refractivity contribution in [1.82, 2.24) is 25.8 Å². The number of carbonyl (C=O) groups excluding carboxylic acids is 2. The van der Waals surface area contributed by atoms with Crippen LogP contribution in [0.4, 0.5) is 0 Å². The highest BCUT2D eigenvalue weighted by atomic mass is 32.1. The molecule has 0 radical (unpaired) electrons. The van der Waals surface area contributed by atoms with Crippen LogP contribution in [0.2, 0.25) is 0 Å². The Balaban J connectivity index is 1.26. The predicted octanol–water partition coefficient (Wildman–Crippen LogP) is -0.176. The van der Waals surface area contributed by atoms with Gasteiger partial charge in [-0.1, -0.05) is 0 Å². The number of carbonyl (C=O) groups is 2. The van der Waals surface area contributed by atoms with Gasteiger partial charge in [-0.15, -0.1) is 0 Å². The molecule has 9 nitrogen and oxygen atoms in total.